The van der Waals surface area contributed by atoms with Gasteiger partial charge in [-0.25, -0.2) is 0 Å². The molecule has 2 aromatic rings. The van der Waals surface area contributed by atoms with E-state index in [2.05, 4.69) is 34.5 Å². The molecule has 0 unspecified atom stereocenters. The summed E-state index contributed by atoms with van der Waals surface area (Å²) < 4.78 is 10.9. The second kappa shape index (κ2) is 8.04. The van der Waals surface area contributed by atoms with Crippen molar-refractivity contribution in [3.63, 3.8) is 0 Å². The molecule has 25 heavy (non-hydrogen) atoms. The average Bonchev–Trinajstić information content (AvgIpc) is 2.97. The Balaban J connectivity index is 2.34. The highest BCUT2D eigenvalue weighted by Gasteiger charge is 2.19. The molecule has 2 N–H and O–H groups in total. The van der Waals surface area contributed by atoms with Crippen LogP contribution in [0.1, 0.15) is 25.8 Å². The van der Waals surface area contributed by atoms with Crippen LogP contribution in [0.3, 0.4) is 0 Å². The number of nitrogen functional groups attached to an aromatic ring is 1. The van der Waals surface area contributed by atoms with Crippen LogP contribution in [-0.2, 0) is 0 Å². The molecule has 0 fully saturated rings. The molecule has 11 nitrogen and oxygen atoms in total. The number of ether oxygens (including phenoxy) is 2. The number of hydrogen-bond acceptors (Lipinski definition) is 9. The first-order chi connectivity index (χ1) is 11.9. The monoisotopic (exact) mass is 349 g/mol. The maximum Gasteiger partial charge on any atom is 0.282 e. The minimum atomic E-state index is -0.529. The molecule has 0 atom stereocenters. The van der Waals surface area contributed by atoms with Gasteiger partial charge in [0.05, 0.1) is 36.5 Å². The lowest BCUT2D eigenvalue weighted by Crippen LogP contribution is -2.05. The normalized spacial score (nSPS) is 11.2. The maximum atomic E-state index is 11.4. The third-order valence-corrected chi connectivity index (χ3v) is 3.25. The number of nitro benzene ring substituents is 1. The predicted molar refractivity (Wildman–Crippen MR) is 89.8 cm³/mol. The summed E-state index contributed by atoms with van der Waals surface area (Å²) in [7, 11) is 1.46. The van der Waals surface area contributed by atoms with E-state index < -0.39 is 4.92 Å². The molecule has 0 spiro atoms. The summed E-state index contributed by atoms with van der Waals surface area (Å²) in [6.45, 7) is 4.56. The molecule has 0 saturated carbocycles. The third-order valence-electron chi connectivity index (χ3n) is 3.25. The van der Waals surface area contributed by atoms with Gasteiger partial charge in [0.2, 0.25) is 0 Å². The van der Waals surface area contributed by atoms with Crippen LogP contribution in [0.4, 0.5) is 11.6 Å². The minimum absolute atomic E-state index is 0.0421. The lowest BCUT2D eigenvalue weighted by atomic mass is 10.1. The second-order valence-electron chi connectivity index (χ2n) is 5.52. The average molecular weight is 349 g/mol. The van der Waals surface area contributed by atoms with Crippen molar-refractivity contribution in [1.29, 1.82) is 0 Å². The van der Waals surface area contributed by atoms with Gasteiger partial charge in [-0.1, -0.05) is 23.7 Å². The van der Waals surface area contributed by atoms with Crippen LogP contribution in [0.5, 0.6) is 11.5 Å². The fraction of sp³-hybridized carbons (Fsp3) is 0.429. The second-order valence-corrected chi connectivity index (χ2v) is 5.52. The number of rotatable bonds is 8. The van der Waals surface area contributed by atoms with E-state index in [1.165, 1.54) is 25.5 Å². The summed E-state index contributed by atoms with van der Waals surface area (Å²) in [6.07, 6.45) is 2.05. The topological polar surface area (TPSA) is 144 Å². The van der Waals surface area contributed by atoms with E-state index in [1.54, 1.807) is 0 Å². The van der Waals surface area contributed by atoms with Crippen LogP contribution in [0, 0.1) is 16.0 Å². The number of anilines is 1. The summed E-state index contributed by atoms with van der Waals surface area (Å²) in [5, 5.41) is 25.6. The van der Waals surface area contributed by atoms with Crippen LogP contribution >= 0.6 is 0 Å². The number of aromatic nitrogens is 4. The van der Waals surface area contributed by atoms with Gasteiger partial charge < -0.3 is 15.2 Å². The van der Waals surface area contributed by atoms with E-state index in [0.29, 0.717) is 24.0 Å². The predicted octanol–water partition coefficient (Wildman–Crippen LogP) is 1.48. The van der Waals surface area contributed by atoms with E-state index in [4.69, 9.17) is 15.2 Å². The Morgan fingerprint density at radius 3 is 2.76 bits per heavy atom. The molecule has 0 aliphatic carbocycles. The first-order valence-corrected chi connectivity index (χ1v) is 7.49. The highest BCUT2D eigenvalue weighted by molar-refractivity contribution is 5.87. The summed E-state index contributed by atoms with van der Waals surface area (Å²) >= 11 is 0. The Hall–Kier alpha value is -3.24. The van der Waals surface area contributed by atoms with Gasteiger partial charge in [0, 0.05) is 0 Å². The molecule has 0 bridgehead atoms. The van der Waals surface area contributed by atoms with Gasteiger partial charge in [-0.05, 0) is 28.8 Å². The molecule has 0 aliphatic rings. The highest BCUT2D eigenvalue weighted by Crippen LogP contribution is 2.34. The van der Waals surface area contributed by atoms with Gasteiger partial charge in [-0.3, -0.25) is 10.1 Å². The molecule has 0 saturated heterocycles. The molecule has 1 aromatic carbocycles. The number of nitro groups is 1. The molecule has 11 heteroatoms. The van der Waals surface area contributed by atoms with E-state index >= 15 is 0 Å². The van der Waals surface area contributed by atoms with Crippen molar-refractivity contribution in [3.8, 4) is 11.5 Å². The third kappa shape index (κ3) is 4.62. The Kier molecular flexibility index (Phi) is 5.82. The van der Waals surface area contributed by atoms with Crippen LogP contribution in [0.25, 0.3) is 0 Å². The number of hydrogen-bond donors (Lipinski definition) is 1. The standard InChI is InChI=1S/C14H19N7O4/c1-9(2)4-5-25-13-7-11(21(22)23)10(6-12(13)24-3)8-16-20-14(15)17-18-19-20/h6-9H,4-5H2,1-3H3,(H2,15,17,19). The summed E-state index contributed by atoms with van der Waals surface area (Å²) in [4.78, 5) is 11.8. The van der Waals surface area contributed by atoms with Gasteiger partial charge in [0.25, 0.3) is 11.6 Å². The molecule has 1 heterocycles. The lowest BCUT2D eigenvalue weighted by molar-refractivity contribution is -0.385. The van der Waals surface area contributed by atoms with E-state index in [1.807, 2.05) is 0 Å². The number of benzene rings is 1. The lowest BCUT2D eigenvalue weighted by Gasteiger charge is -2.12. The number of nitrogens with two attached hydrogens (primary N) is 1. The largest absolute Gasteiger partial charge is 0.493 e. The van der Waals surface area contributed by atoms with Gasteiger partial charge in [0.15, 0.2) is 11.5 Å². The van der Waals surface area contributed by atoms with Gasteiger partial charge in [-0.15, -0.1) is 0 Å². The number of tetrazole rings is 1. The molecule has 1 aromatic heterocycles. The molecular weight excluding hydrogens is 330 g/mol. The zero-order chi connectivity index (χ0) is 18.4. The van der Waals surface area contributed by atoms with Crippen molar-refractivity contribution < 1.29 is 14.4 Å². The van der Waals surface area contributed by atoms with Crippen molar-refractivity contribution in [2.75, 3.05) is 19.5 Å². The SMILES string of the molecule is COc1cc(C=Nn2nnnc2N)c([N+](=O)[O-])cc1OCCC(C)C. The number of nitrogens with zero attached hydrogens (tertiary/aromatic N) is 6. The smallest absolute Gasteiger partial charge is 0.282 e. The van der Waals surface area contributed by atoms with Crippen LogP contribution < -0.4 is 15.2 Å². The Labute approximate surface area is 143 Å². The molecule has 134 valence electrons. The molecule has 0 amide bonds. The molecule has 2 rings (SSSR count). The zero-order valence-corrected chi connectivity index (χ0v) is 14.1. The minimum Gasteiger partial charge on any atom is -0.493 e. The Morgan fingerprint density at radius 2 is 2.20 bits per heavy atom. The van der Waals surface area contributed by atoms with Gasteiger partial charge in [0.1, 0.15) is 0 Å². The van der Waals surface area contributed by atoms with Crippen molar-refractivity contribution >= 4 is 17.9 Å². The van der Waals surface area contributed by atoms with E-state index in [9.17, 15) is 10.1 Å². The fourth-order valence-corrected chi connectivity index (χ4v) is 1.89. The van der Waals surface area contributed by atoms with Crippen LogP contribution in [0.2, 0.25) is 0 Å². The van der Waals surface area contributed by atoms with Gasteiger partial charge >= 0.3 is 0 Å². The van der Waals surface area contributed by atoms with E-state index in [-0.39, 0.29) is 17.2 Å². The van der Waals surface area contributed by atoms with Crippen molar-refractivity contribution in [1.82, 2.24) is 20.3 Å². The van der Waals surface area contributed by atoms with Crippen LogP contribution in [-0.4, -0.2) is 45.2 Å². The first-order valence-electron chi connectivity index (χ1n) is 7.49. The summed E-state index contributed by atoms with van der Waals surface area (Å²) in [6, 6.07) is 2.77. The van der Waals surface area contributed by atoms with Crippen molar-refractivity contribution in [2.45, 2.75) is 20.3 Å². The van der Waals surface area contributed by atoms with E-state index in [0.717, 1.165) is 11.2 Å². The van der Waals surface area contributed by atoms with Crippen molar-refractivity contribution in [2.24, 2.45) is 11.0 Å². The quantitative estimate of drug-likeness (QED) is 0.428. The molecule has 0 radical (unpaired) electrons. The summed E-state index contributed by atoms with van der Waals surface area (Å²) in [5.41, 5.74) is 5.51. The van der Waals surface area contributed by atoms with Gasteiger partial charge in [-0.2, -0.15) is 5.10 Å². The Bertz CT molecular complexity index is 773. The molecule has 0 aliphatic heterocycles. The number of methoxy groups -OCH3 is 1. The summed E-state index contributed by atoms with van der Waals surface area (Å²) in [5.74, 6) is 1.07. The Morgan fingerprint density at radius 1 is 1.44 bits per heavy atom. The van der Waals surface area contributed by atoms with Crippen molar-refractivity contribution in [3.05, 3.63) is 27.8 Å². The molecular formula is C14H19N7O4. The zero-order valence-electron chi connectivity index (χ0n) is 14.1. The highest BCUT2D eigenvalue weighted by atomic mass is 16.6. The maximum absolute atomic E-state index is 11.4. The fourth-order valence-electron chi connectivity index (χ4n) is 1.89. The first kappa shape index (κ1) is 18.1. The van der Waals surface area contributed by atoms with Crippen LogP contribution in [0.15, 0.2) is 17.2 Å².